The summed E-state index contributed by atoms with van der Waals surface area (Å²) in [5.41, 5.74) is 4.54. The van der Waals surface area contributed by atoms with Gasteiger partial charge in [-0.2, -0.15) is 0 Å². The molecule has 1 amide bonds. The zero-order valence-corrected chi connectivity index (χ0v) is 16.8. The van der Waals surface area contributed by atoms with Gasteiger partial charge in [-0.3, -0.25) is 4.79 Å². The predicted molar refractivity (Wildman–Crippen MR) is 114 cm³/mol. The topological polar surface area (TPSA) is 60.1 Å². The van der Waals surface area contributed by atoms with Crippen LogP contribution < -0.4 is 5.32 Å². The van der Waals surface area contributed by atoms with E-state index in [0.717, 1.165) is 23.3 Å². The average Bonchev–Trinajstić information content (AvgIpc) is 3.41. The number of furan rings is 1. The maximum atomic E-state index is 12.3. The normalized spacial score (nSPS) is 12.2. The van der Waals surface area contributed by atoms with E-state index in [9.17, 15) is 4.79 Å². The highest BCUT2D eigenvalue weighted by atomic mass is 16.3. The number of benzene rings is 2. The van der Waals surface area contributed by atoms with Gasteiger partial charge in [-0.1, -0.05) is 50.2 Å². The largest absolute Gasteiger partial charge is 0.459 e. The highest BCUT2D eigenvalue weighted by molar-refractivity contribution is 5.91. The third-order valence-electron chi connectivity index (χ3n) is 5.39. The molecule has 0 bridgehead atoms. The van der Waals surface area contributed by atoms with Gasteiger partial charge >= 0.3 is 0 Å². The summed E-state index contributed by atoms with van der Waals surface area (Å²) in [6.45, 7) is 5.49. The van der Waals surface area contributed by atoms with Crippen LogP contribution in [-0.4, -0.2) is 15.5 Å². The lowest BCUT2D eigenvalue weighted by molar-refractivity contribution is 0.0922. The van der Waals surface area contributed by atoms with E-state index in [1.165, 1.54) is 17.4 Å². The fraction of sp³-hybridized carbons (Fsp3) is 0.250. The van der Waals surface area contributed by atoms with Gasteiger partial charge in [0.15, 0.2) is 5.76 Å². The smallest absolute Gasteiger partial charge is 0.287 e. The van der Waals surface area contributed by atoms with E-state index in [1.54, 1.807) is 12.1 Å². The number of nitrogens with zero attached hydrogens (tertiary/aromatic N) is 2. The Kier molecular flexibility index (Phi) is 5.47. The van der Waals surface area contributed by atoms with Crippen molar-refractivity contribution in [1.29, 1.82) is 0 Å². The molecule has 4 rings (SSSR count). The van der Waals surface area contributed by atoms with Crippen LogP contribution in [-0.2, 0) is 13.1 Å². The van der Waals surface area contributed by atoms with Crippen molar-refractivity contribution in [2.45, 2.75) is 39.3 Å². The monoisotopic (exact) mass is 387 g/mol. The van der Waals surface area contributed by atoms with Crippen molar-refractivity contribution in [3.63, 3.8) is 0 Å². The fourth-order valence-electron chi connectivity index (χ4n) is 3.46. The number of imidazole rings is 1. The number of para-hydroxylation sites is 2. The van der Waals surface area contributed by atoms with Crippen LogP contribution in [0.3, 0.4) is 0 Å². The summed E-state index contributed by atoms with van der Waals surface area (Å²) in [6, 6.07) is 20.2. The number of nitrogens with one attached hydrogen (secondary N) is 1. The first-order valence-corrected chi connectivity index (χ1v) is 10.0. The van der Waals surface area contributed by atoms with Gasteiger partial charge in [0, 0.05) is 6.54 Å². The molecule has 5 nitrogen and oxygen atoms in total. The maximum Gasteiger partial charge on any atom is 0.287 e. The first kappa shape index (κ1) is 19.0. The van der Waals surface area contributed by atoms with Gasteiger partial charge in [-0.05, 0) is 47.7 Å². The molecule has 0 radical (unpaired) electrons. The maximum absolute atomic E-state index is 12.3. The Bertz CT molecular complexity index is 1100. The highest BCUT2D eigenvalue weighted by Gasteiger charge is 2.14. The van der Waals surface area contributed by atoms with Crippen LogP contribution in [0.25, 0.3) is 11.0 Å². The zero-order valence-electron chi connectivity index (χ0n) is 16.8. The van der Waals surface area contributed by atoms with Crippen LogP contribution in [0.5, 0.6) is 0 Å². The molecule has 0 aliphatic rings. The van der Waals surface area contributed by atoms with Gasteiger partial charge in [0.2, 0.25) is 0 Å². The number of rotatable bonds is 7. The van der Waals surface area contributed by atoms with Crippen molar-refractivity contribution in [3.8, 4) is 0 Å². The van der Waals surface area contributed by atoms with Crippen LogP contribution in [0.4, 0.5) is 0 Å². The van der Waals surface area contributed by atoms with Crippen LogP contribution in [0.15, 0.2) is 71.3 Å². The SMILES string of the molecule is CC[C@@H](C)c1ccc(Cn2c(CNC(=O)c3ccco3)nc3ccccc32)cc1. The molecule has 29 heavy (non-hydrogen) atoms. The summed E-state index contributed by atoms with van der Waals surface area (Å²) >= 11 is 0. The van der Waals surface area contributed by atoms with E-state index in [1.807, 2.05) is 18.2 Å². The first-order valence-electron chi connectivity index (χ1n) is 10.0. The molecule has 1 N–H and O–H groups in total. The Hall–Kier alpha value is -3.34. The van der Waals surface area contributed by atoms with Crippen LogP contribution in [0.1, 0.15) is 53.7 Å². The molecule has 0 saturated carbocycles. The number of aromatic nitrogens is 2. The molecule has 1 atom stereocenters. The van der Waals surface area contributed by atoms with Gasteiger partial charge in [0.25, 0.3) is 5.91 Å². The van der Waals surface area contributed by atoms with Crippen LogP contribution >= 0.6 is 0 Å². The molecule has 2 aromatic carbocycles. The van der Waals surface area contributed by atoms with Crippen molar-refractivity contribution in [2.24, 2.45) is 0 Å². The summed E-state index contributed by atoms with van der Waals surface area (Å²) in [4.78, 5) is 17.0. The van der Waals surface area contributed by atoms with E-state index >= 15 is 0 Å². The Morgan fingerprint density at radius 2 is 1.90 bits per heavy atom. The number of hydrogen-bond donors (Lipinski definition) is 1. The van der Waals surface area contributed by atoms with E-state index in [-0.39, 0.29) is 5.91 Å². The quantitative estimate of drug-likeness (QED) is 0.479. The second-order valence-electron chi connectivity index (χ2n) is 7.31. The standard InChI is InChI=1S/C24H25N3O2/c1-3-17(2)19-12-10-18(11-13-19)16-27-21-8-5-4-7-20(21)26-23(27)15-25-24(28)22-9-6-14-29-22/h4-14,17H,3,15-16H2,1-2H3,(H,25,28)/t17-/m1/s1. The second kappa shape index (κ2) is 8.35. The number of amides is 1. The lowest BCUT2D eigenvalue weighted by atomic mass is 9.98. The molecule has 5 heteroatoms. The van der Waals surface area contributed by atoms with Crippen molar-refractivity contribution in [1.82, 2.24) is 14.9 Å². The molecular weight excluding hydrogens is 362 g/mol. The van der Waals surface area contributed by atoms with Crippen molar-refractivity contribution >= 4 is 16.9 Å². The Labute approximate surface area is 170 Å². The van der Waals surface area contributed by atoms with Crippen LogP contribution in [0, 0.1) is 0 Å². The summed E-state index contributed by atoms with van der Waals surface area (Å²) in [6.07, 6.45) is 2.62. The highest BCUT2D eigenvalue weighted by Crippen LogP contribution is 2.21. The zero-order chi connectivity index (χ0) is 20.2. The molecule has 2 heterocycles. The van der Waals surface area contributed by atoms with Gasteiger partial charge in [-0.25, -0.2) is 4.98 Å². The Morgan fingerprint density at radius 1 is 1.10 bits per heavy atom. The average molecular weight is 387 g/mol. The molecule has 0 fully saturated rings. The van der Waals surface area contributed by atoms with Gasteiger partial charge in [0.05, 0.1) is 23.8 Å². The van der Waals surface area contributed by atoms with Gasteiger partial charge in [0.1, 0.15) is 5.82 Å². The lowest BCUT2D eigenvalue weighted by Gasteiger charge is -2.12. The van der Waals surface area contributed by atoms with Crippen molar-refractivity contribution in [2.75, 3.05) is 0 Å². The summed E-state index contributed by atoms with van der Waals surface area (Å²) in [7, 11) is 0. The number of hydrogen-bond acceptors (Lipinski definition) is 3. The molecule has 2 aromatic heterocycles. The number of carbonyl (C=O) groups is 1. The Balaban J connectivity index is 1.59. The minimum Gasteiger partial charge on any atom is -0.459 e. The minimum absolute atomic E-state index is 0.244. The molecule has 0 aliphatic heterocycles. The lowest BCUT2D eigenvalue weighted by Crippen LogP contribution is -2.24. The number of carbonyl (C=O) groups excluding carboxylic acids is 1. The summed E-state index contributed by atoms with van der Waals surface area (Å²) in [5.74, 6) is 1.43. The summed E-state index contributed by atoms with van der Waals surface area (Å²) < 4.78 is 7.33. The summed E-state index contributed by atoms with van der Waals surface area (Å²) in [5, 5.41) is 2.90. The Morgan fingerprint density at radius 3 is 2.62 bits per heavy atom. The third kappa shape index (κ3) is 4.09. The molecule has 0 aliphatic carbocycles. The van der Waals surface area contributed by atoms with Crippen LogP contribution in [0.2, 0.25) is 0 Å². The molecule has 0 saturated heterocycles. The number of fused-ring (bicyclic) bond motifs is 1. The van der Waals surface area contributed by atoms with Gasteiger partial charge in [-0.15, -0.1) is 0 Å². The van der Waals surface area contributed by atoms with E-state index < -0.39 is 0 Å². The van der Waals surface area contributed by atoms with E-state index in [4.69, 9.17) is 9.40 Å². The fourth-order valence-corrected chi connectivity index (χ4v) is 3.46. The van der Waals surface area contributed by atoms with Gasteiger partial charge < -0.3 is 14.3 Å². The first-order chi connectivity index (χ1) is 14.2. The van der Waals surface area contributed by atoms with Crippen molar-refractivity contribution < 1.29 is 9.21 Å². The molecule has 4 aromatic rings. The molecule has 148 valence electrons. The second-order valence-corrected chi connectivity index (χ2v) is 7.31. The predicted octanol–water partition coefficient (Wildman–Crippen LogP) is 5.12. The molecule has 0 spiro atoms. The third-order valence-corrected chi connectivity index (χ3v) is 5.39. The van der Waals surface area contributed by atoms with Crippen molar-refractivity contribution in [3.05, 3.63) is 89.6 Å². The van der Waals surface area contributed by atoms with E-state index in [0.29, 0.717) is 24.8 Å². The molecule has 0 unspecified atom stereocenters. The van der Waals surface area contributed by atoms with E-state index in [2.05, 4.69) is 54.1 Å². The minimum atomic E-state index is -0.244. The molecular formula is C24H25N3O2.